The zero-order valence-electron chi connectivity index (χ0n) is 14.8. The lowest BCUT2D eigenvalue weighted by molar-refractivity contribution is 0.432. The number of H-pyrrole nitrogens is 1. The minimum absolute atomic E-state index is 0.0492. The predicted molar refractivity (Wildman–Crippen MR) is 117 cm³/mol. The molecule has 2 aromatic carbocycles. The number of benzene rings is 2. The fraction of sp³-hybridized carbons (Fsp3) is 0.0526. The summed E-state index contributed by atoms with van der Waals surface area (Å²) in [6.07, 6.45) is 1.19. The number of anilines is 1. The first-order valence-electron chi connectivity index (χ1n) is 8.27. The maximum Gasteiger partial charge on any atom is 0.264 e. The Bertz CT molecular complexity index is 1150. The highest BCUT2D eigenvalue weighted by atomic mass is 32.1. The van der Waals surface area contributed by atoms with E-state index in [0.717, 1.165) is 11.3 Å². The summed E-state index contributed by atoms with van der Waals surface area (Å²) in [5.74, 6) is -0.310. The Morgan fingerprint density at radius 2 is 1.86 bits per heavy atom. The summed E-state index contributed by atoms with van der Waals surface area (Å²) in [5, 5.41) is 17.8. The largest absolute Gasteiger partial charge is 0.494 e. The number of hydrogen-bond acceptors (Lipinski definition) is 5. The molecule has 0 saturated carbocycles. The Morgan fingerprint density at radius 1 is 1.18 bits per heavy atom. The molecule has 0 aliphatic heterocycles. The average Bonchev–Trinajstić information content (AvgIpc) is 2.66. The second kappa shape index (κ2) is 8.59. The third kappa shape index (κ3) is 4.33. The van der Waals surface area contributed by atoms with Crippen molar-refractivity contribution < 1.29 is 5.11 Å². The van der Waals surface area contributed by atoms with Crippen LogP contribution in [0, 0.1) is 11.7 Å². The molecule has 3 aromatic rings. The van der Waals surface area contributed by atoms with Gasteiger partial charge in [0, 0.05) is 5.69 Å². The maximum atomic E-state index is 12.2. The fourth-order valence-electron chi connectivity index (χ4n) is 2.53. The zero-order chi connectivity index (χ0) is 20.1. The summed E-state index contributed by atoms with van der Waals surface area (Å²) in [4.78, 5) is 14.8. The molecule has 28 heavy (non-hydrogen) atoms. The van der Waals surface area contributed by atoms with Gasteiger partial charge in [-0.3, -0.25) is 19.8 Å². The van der Waals surface area contributed by atoms with Crippen LogP contribution >= 0.6 is 24.4 Å². The molecule has 142 valence electrons. The van der Waals surface area contributed by atoms with E-state index in [9.17, 15) is 9.90 Å². The molecule has 0 aliphatic rings. The van der Waals surface area contributed by atoms with Gasteiger partial charge in [-0.1, -0.05) is 36.4 Å². The lowest BCUT2D eigenvalue weighted by atomic mass is 10.2. The van der Waals surface area contributed by atoms with Gasteiger partial charge in [-0.05, 0) is 55.1 Å². The van der Waals surface area contributed by atoms with E-state index < -0.39 is 5.56 Å². The zero-order valence-corrected chi connectivity index (χ0v) is 16.5. The number of nitrogens with one attached hydrogen (secondary N) is 3. The van der Waals surface area contributed by atoms with Gasteiger partial charge >= 0.3 is 0 Å². The highest BCUT2D eigenvalue weighted by Crippen LogP contribution is 2.21. The van der Waals surface area contributed by atoms with Crippen molar-refractivity contribution in [1.29, 1.82) is 0 Å². The molecule has 0 spiro atoms. The van der Waals surface area contributed by atoms with E-state index in [1.807, 2.05) is 55.5 Å². The second-order valence-corrected chi connectivity index (χ2v) is 6.60. The van der Waals surface area contributed by atoms with Crippen LogP contribution in [0.4, 0.5) is 5.69 Å². The van der Waals surface area contributed by atoms with Crippen molar-refractivity contribution in [1.82, 2.24) is 15.0 Å². The fourth-order valence-corrected chi connectivity index (χ4v) is 2.98. The third-order valence-corrected chi connectivity index (χ3v) is 4.35. The number of aromatic hydroxyl groups is 1. The predicted octanol–water partition coefficient (Wildman–Crippen LogP) is 3.23. The normalized spacial score (nSPS) is 10.8. The van der Waals surface area contributed by atoms with Crippen LogP contribution in [0.2, 0.25) is 0 Å². The van der Waals surface area contributed by atoms with Gasteiger partial charge in [0.1, 0.15) is 5.56 Å². The van der Waals surface area contributed by atoms with E-state index in [0.29, 0.717) is 5.69 Å². The Labute approximate surface area is 171 Å². The molecular formula is C19H17N5O2S2. The van der Waals surface area contributed by atoms with E-state index in [-0.39, 0.29) is 21.3 Å². The first-order valence-corrected chi connectivity index (χ1v) is 9.08. The summed E-state index contributed by atoms with van der Waals surface area (Å²) in [6.45, 7) is 1.88. The number of hydrogen-bond donors (Lipinski definition) is 4. The number of aryl methyl sites for hydroxylation is 1. The first-order chi connectivity index (χ1) is 13.5. The number of hydrazone groups is 1. The summed E-state index contributed by atoms with van der Waals surface area (Å²) in [5.41, 5.74) is 4.34. The van der Waals surface area contributed by atoms with Gasteiger partial charge in [-0.25, -0.2) is 0 Å². The van der Waals surface area contributed by atoms with Crippen molar-refractivity contribution >= 4 is 41.5 Å². The maximum absolute atomic E-state index is 12.2. The van der Waals surface area contributed by atoms with Crippen molar-refractivity contribution in [2.75, 3.05) is 5.32 Å². The van der Waals surface area contributed by atoms with Gasteiger partial charge in [0.05, 0.1) is 11.9 Å². The van der Waals surface area contributed by atoms with E-state index in [1.165, 1.54) is 10.8 Å². The molecule has 0 bridgehead atoms. The summed E-state index contributed by atoms with van der Waals surface area (Å²) in [7, 11) is 0. The molecular weight excluding hydrogens is 394 g/mol. The van der Waals surface area contributed by atoms with Crippen molar-refractivity contribution in [3.63, 3.8) is 0 Å². The molecule has 1 heterocycles. The quantitative estimate of drug-likeness (QED) is 0.299. The van der Waals surface area contributed by atoms with Gasteiger partial charge in [-0.2, -0.15) is 5.10 Å². The standard InChI is InChI=1S/C19H17N5O2S2/c1-12-7-5-6-10-15(12)24-17(26)14(16(25)22-19(24)28)11-20-23-18(27)21-13-8-3-2-4-9-13/h2-11,26H,1H3,(H2,21,23,27)(H,22,25,28)/b20-11+. The molecule has 0 radical (unpaired) electrons. The van der Waals surface area contributed by atoms with Crippen LogP contribution in [0.1, 0.15) is 11.1 Å². The molecule has 0 atom stereocenters. The van der Waals surface area contributed by atoms with Crippen molar-refractivity contribution in [3.05, 3.63) is 80.8 Å². The van der Waals surface area contributed by atoms with Gasteiger partial charge in [-0.15, -0.1) is 0 Å². The van der Waals surface area contributed by atoms with Crippen LogP contribution in [-0.2, 0) is 0 Å². The van der Waals surface area contributed by atoms with Crippen LogP contribution in [0.25, 0.3) is 5.69 Å². The SMILES string of the molecule is Cc1ccccc1-n1c(O)c(/C=N/NC(=S)Nc2ccccc2)c(=O)[nH]c1=S. The summed E-state index contributed by atoms with van der Waals surface area (Å²) in [6, 6.07) is 16.7. The molecule has 0 fully saturated rings. The summed E-state index contributed by atoms with van der Waals surface area (Å²) < 4.78 is 1.47. The molecule has 0 unspecified atom stereocenters. The Morgan fingerprint density at radius 3 is 2.57 bits per heavy atom. The van der Waals surface area contributed by atoms with Crippen LogP contribution in [-0.4, -0.2) is 26.0 Å². The van der Waals surface area contributed by atoms with Crippen LogP contribution in [0.3, 0.4) is 0 Å². The molecule has 0 saturated heterocycles. The average molecular weight is 412 g/mol. The monoisotopic (exact) mass is 411 g/mol. The Hall–Kier alpha value is -3.30. The van der Waals surface area contributed by atoms with E-state index in [4.69, 9.17) is 24.4 Å². The lowest BCUT2D eigenvalue weighted by Gasteiger charge is -2.13. The third-order valence-electron chi connectivity index (χ3n) is 3.87. The minimum atomic E-state index is -0.556. The molecule has 9 heteroatoms. The second-order valence-electron chi connectivity index (χ2n) is 5.81. The van der Waals surface area contributed by atoms with Gasteiger partial charge in [0.15, 0.2) is 9.88 Å². The number of aromatic amines is 1. The number of thiocarbonyl (C=S) groups is 1. The molecule has 4 N–H and O–H groups in total. The Kier molecular flexibility index (Phi) is 5.97. The molecule has 0 aliphatic carbocycles. The van der Waals surface area contributed by atoms with Crippen LogP contribution in [0.5, 0.6) is 5.88 Å². The van der Waals surface area contributed by atoms with Gasteiger partial charge in [0.2, 0.25) is 5.88 Å². The van der Waals surface area contributed by atoms with E-state index in [2.05, 4.69) is 20.8 Å². The van der Waals surface area contributed by atoms with Crippen LogP contribution < -0.4 is 16.3 Å². The van der Waals surface area contributed by atoms with Gasteiger partial charge < -0.3 is 10.4 Å². The number of aromatic nitrogens is 2. The Balaban J connectivity index is 1.86. The highest BCUT2D eigenvalue weighted by molar-refractivity contribution is 7.80. The molecule has 0 amide bonds. The lowest BCUT2D eigenvalue weighted by Crippen LogP contribution is -2.25. The molecule has 3 rings (SSSR count). The first kappa shape index (κ1) is 19.5. The van der Waals surface area contributed by atoms with E-state index >= 15 is 0 Å². The number of nitrogens with zero attached hydrogens (tertiary/aromatic N) is 2. The van der Waals surface area contributed by atoms with Crippen molar-refractivity contribution in [2.24, 2.45) is 5.10 Å². The van der Waals surface area contributed by atoms with Gasteiger partial charge in [0.25, 0.3) is 5.56 Å². The highest BCUT2D eigenvalue weighted by Gasteiger charge is 2.13. The number of rotatable bonds is 4. The van der Waals surface area contributed by atoms with Crippen LogP contribution in [0.15, 0.2) is 64.5 Å². The van der Waals surface area contributed by atoms with Crippen molar-refractivity contribution in [2.45, 2.75) is 6.92 Å². The number of para-hydroxylation sites is 2. The van der Waals surface area contributed by atoms with E-state index in [1.54, 1.807) is 6.07 Å². The molecule has 1 aromatic heterocycles. The smallest absolute Gasteiger partial charge is 0.264 e. The minimum Gasteiger partial charge on any atom is -0.494 e. The topological polar surface area (TPSA) is 94.4 Å². The molecule has 7 nitrogen and oxygen atoms in total. The van der Waals surface area contributed by atoms with Crippen molar-refractivity contribution in [3.8, 4) is 11.6 Å². The summed E-state index contributed by atoms with van der Waals surface area (Å²) >= 11 is 10.4.